The molecule has 0 saturated heterocycles. The van der Waals surface area contributed by atoms with Gasteiger partial charge in [0.25, 0.3) is 0 Å². The standard InChI is InChI=1S/C25H20Cl2N2O3/c1-32-23-18(6-3-9-28-23)21-13-17(30)12-20(14-4-2-5-15(26)10-14)25(21)19-8-7-16(27)11-22(19)29-24(25)31/h2-9,11,13-14,20H,10,12H2,1H3,(H,29,31)/t14?,20-,25-/m0/s1. The monoisotopic (exact) mass is 466 g/mol. The highest BCUT2D eigenvalue weighted by atomic mass is 35.5. The van der Waals surface area contributed by atoms with Gasteiger partial charge >= 0.3 is 0 Å². The summed E-state index contributed by atoms with van der Waals surface area (Å²) in [5.74, 6) is -0.325. The Morgan fingerprint density at radius 3 is 2.81 bits per heavy atom. The maximum absolute atomic E-state index is 13.9. The quantitative estimate of drug-likeness (QED) is 0.665. The molecule has 32 heavy (non-hydrogen) atoms. The number of carbonyl (C=O) groups excluding carboxylic acids is 2. The number of allylic oxidation sites excluding steroid dienone is 5. The van der Waals surface area contributed by atoms with Gasteiger partial charge in [-0.15, -0.1) is 0 Å². The van der Waals surface area contributed by atoms with Gasteiger partial charge in [-0.2, -0.15) is 0 Å². The number of ketones is 1. The Balaban J connectivity index is 1.80. The lowest BCUT2D eigenvalue weighted by atomic mass is 9.56. The van der Waals surface area contributed by atoms with Crippen LogP contribution in [0.15, 0.2) is 65.9 Å². The molecule has 5 rings (SSSR count). The third-order valence-electron chi connectivity index (χ3n) is 6.56. The highest BCUT2D eigenvalue weighted by Gasteiger charge is 2.59. The van der Waals surface area contributed by atoms with Crippen molar-refractivity contribution in [1.82, 2.24) is 4.98 Å². The van der Waals surface area contributed by atoms with Gasteiger partial charge in [-0.3, -0.25) is 9.59 Å². The Labute approximate surface area is 195 Å². The van der Waals surface area contributed by atoms with Crippen molar-refractivity contribution in [3.63, 3.8) is 0 Å². The van der Waals surface area contributed by atoms with Crippen LogP contribution in [0.3, 0.4) is 0 Å². The Hall–Kier alpha value is -2.89. The SMILES string of the molecule is COc1ncccc1C1=CC(=O)C[C@@H](C2C=CC=C(Cl)C2)[C@]12C(=O)Nc1cc(Cl)ccc12. The van der Waals surface area contributed by atoms with E-state index in [0.29, 0.717) is 39.2 Å². The fraction of sp³-hybridized carbons (Fsp3) is 0.240. The van der Waals surface area contributed by atoms with Gasteiger partial charge in [0.2, 0.25) is 11.8 Å². The minimum absolute atomic E-state index is 0.0455. The zero-order valence-corrected chi connectivity index (χ0v) is 18.8. The highest BCUT2D eigenvalue weighted by molar-refractivity contribution is 6.31. The molecule has 2 heterocycles. The maximum Gasteiger partial charge on any atom is 0.239 e. The number of ether oxygens (including phenoxy) is 1. The number of carbonyl (C=O) groups is 2. The first-order valence-corrected chi connectivity index (χ1v) is 11.1. The molecule has 1 aliphatic heterocycles. The van der Waals surface area contributed by atoms with Crippen molar-refractivity contribution in [2.45, 2.75) is 18.3 Å². The lowest BCUT2D eigenvalue weighted by molar-refractivity contribution is -0.123. The number of hydrogen-bond donors (Lipinski definition) is 1. The average molecular weight is 467 g/mol. The summed E-state index contributed by atoms with van der Waals surface area (Å²) in [4.78, 5) is 31.3. The van der Waals surface area contributed by atoms with E-state index in [1.807, 2.05) is 30.4 Å². The zero-order chi connectivity index (χ0) is 22.5. The molecule has 1 amide bonds. The van der Waals surface area contributed by atoms with Gasteiger partial charge in [-0.05, 0) is 65.8 Å². The van der Waals surface area contributed by atoms with Crippen LogP contribution in [0.5, 0.6) is 5.88 Å². The molecule has 3 atom stereocenters. The predicted octanol–water partition coefficient (Wildman–Crippen LogP) is 5.30. The predicted molar refractivity (Wildman–Crippen MR) is 125 cm³/mol. The molecule has 1 unspecified atom stereocenters. The highest BCUT2D eigenvalue weighted by Crippen LogP contribution is 2.58. The number of hydrogen-bond acceptors (Lipinski definition) is 4. The summed E-state index contributed by atoms with van der Waals surface area (Å²) in [6.07, 6.45) is 9.76. The van der Waals surface area contributed by atoms with E-state index in [-0.39, 0.29) is 29.9 Å². The molecule has 2 aromatic rings. The topological polar surface area (TPSA) is 68.3 Å². The lowest BCUT2D eigenvalue weighted by Gasteiger charge is -2.44. The minimum atomic E-state index is -1.12. The molecule has 7 heteroatoms. The molecule has 1 aromatic carbocycles. The van der Waals surface area contributed by atoms with E-state index in [0.717, 1.165) is 5.56 Å². The molecule has 1 N–H and O–H groups in total. The van der Waals surface area contributed by atoms with E-state index in [9.17, 15) is 9.59 Å². The second-order valence-electron chi connectivity index (χ2n) is 8.21. The average Bonchev–Trinajstić information content (AvgIpc) is 3.06. The number of fused-ring (bicyclic) bond motifs is 2. The normalized spacial score (nSPS) is 26.5. The summed E-state index contributed by atoms with van der Waals surface area (Å²) in [5, 5.41) is 4.25. The third-order valence-corrected chi connectivity index (χ3v) is 7.07. The fourth-order valence-electron chi connectivity index (χ4n) is 5.31. The number of anilines is 1. The summed E-state index contributed by atoms with van der Waals surface area (Å²) < 4.78 is 5.52. The van der Waals surface area contributed by atoms with Crippen LogP contribution >= 0.6 is 23.2 Å². The fourth-order valence-corrected chi connectivity index (χ4v) is 5.73. The van der Waals surface area contributed by atoms with Gasteiger partial charge in [-0.1, -0.05) is 41.4 Å². The van der Waals surface area contributed by atoms with Crippen LogP contribution in [0.25, 0.3) is 5.57 Å². The molecule has 0 bridgehead atoms. The molecule has 1 spiro atoms. The van der Waals surface area contributed by atoms with Crippen molar-refractivity contribution < 1.29 is 14.3 Å². The van der Waals surface area contributed by atoms with Crippen LogP contribution in [0, 0.1) is 11.8 Å². The molecular formula is C25H20Cl2N2O3. The molecule has 1 aromatic heterocycles. The summed E-state index contributed by atoms with van der Waals surface area (Å²) in [6, 6.07) is 9.01. The van der Waals surface area contributed by atoms with Gasteiger partial charge in [-0.25, -0.2) is 4.98 Å². The summed E-state index contributed by atoms with van der Waals surface area (Å²) in [6.45, 7) is 0. The van der Waals surface area contributed by atoms with Crippen LogP contribution in [0.2, 0.25) is 5.02 Å². The maximum atomic E-state index is 13.9. The number of nitrogens with zero attached hydrogens (tertiary/aromatic N) is 1. The minimum Gasteiger partial charge on any atom is -0.481 e. The van der Waals surface area contributed by atoms with E-state index in [4.69, 9.17) is 27.9 Å². The number of benzene rings is 1. The van der Waals surface area contributed by atoms with Crippen LogP contribution in [-0.4, -0.2) is 23.8 Å². The first-order valence-electron chi connectivity index (χ1n) is 10.3. The van der Waals surface area contributed by atoms with Gasteiger partial charge in [0, 0.05) is 33.9 Å². The molecule has 0 fully saturated rings. The number of methoxy groups -OCH3 is 1. The first kappa shape index (κ1) is 21.0. The zero-order valence-electron chi connectivity index (χ0n) is 17.3. The van der Waals surface area contributed by atoms with Gasteiger partial charge in [0.05, 0.1) is 7.11 Å². The Kier molecular flexibility index (Phi) is 5.19. The number of rotatable bonds is 3. The Morgan fingerprint density at radius 2 is 2.03 bits per heavy atom. The van der Waals surface area contributed by atoms with E-state index < -0.39 is 5.41 Å². The number of nitrogens with one attached hydrogen (secondary N) is 1. The van der Waals surface area contributed by atoms with Crippen molar-refractivity contribution in [2.75, 3.05) is 12.4 Å². The van der Waals surface area contributed by atoms with E-state index >= 15 is 0 Å². The van der Waals surface area contributed by atoms with Crippen LogP contribution in [0.1, 0.15) is 24.0 Å². The second-order valence-corrected chi connectivity index (χ2v) is 9.14. The largest absolute Gasteiger partial charge is 0.481 e. The number of pyridine rings is 1. The van der Waals surface area contributed by atoms with Gasteiger partial charge in [0.1, 0.15) is 5.41 Å². The van der Waals surface area contributed by atoms with Crippen molar-refractivity contribution in [3.05, 3.63) is 82.0 Å². The first-order chi connectivity index (χ1) is 15.4. The number of amides is 1. The van der Waals surface area contributed by atoms with Crippen molar-refractivity contribution >= 4 is 46.2 Å². The molecule has 3 aliphatic rings. The van der Waals surface area contributed by atoms with Crippen LogP contribution in [0.4, 0.5) is 5.69 Å². The second kappa shape index (κ2) is 7.91. The number of halogens is 2. The lowest BCUT2D eigenvalue weighted by Crippen LogP contribution is -2.49. The smallest absolute Gasteiger partial charge is 0.239 e. The van der Waals surface area contributed by atoms with E-state index in [1.54, 1.807) is 30.5 Å². The summed E-state index contributed by atoms with van der Waals surface area (Å²) in [7, 11) is 1.53. The van der Waals surface area contributed by atoms with Crippen molar-refractivity contribution in [1.29, 1.82) is 0 Å². The molecule has 0 radical (unpaired) electrons. The van der Waals surface area contributed by atoms with Crippen molar-refractivity contribution in [3.8, 4) is 5.88 Å². The molecule has 2 aliphatic carbocycles. The van der Waals surface area contributed by atoms with E-state index in [1.165, 1.54) is 7.11 Å². The number of aromatic nitrogens is 1. The molecular weight excluding hydrogens is 447 g/mol. The summed E-state index contributed by atoms with van der Waals surface area (Å²) >= 11 is 12.6. The van der Waals surface area contributed by atoms with Crippen molar-refractivity contribution in [2.24, 2.45) is 11.8 Å². The third kappa shape index (κ3) is 3.11. The molecule has 162 valence electrons. The summed E-state index contributed by atoms with van der Waals surface area (Å²) in [5.41, 5.74) is 1.53. The van der Waals surface area contributed by atoms with Gasteiger partial charge in [0.15, 0.2) is 5.78 Å². The van der Waals surface area contributed by atoms with E-state index in [2.05, 4.69) is 10.3 Å². The van der Waals surface area contributed by atoms with Gasteiger partial charge < -0.3 is 10.1 Å². The van der Waals surface area contributed by atoms with Crippen LogP contribution < -0.4 is 10.1 Å². The Bertz CT molecular complexity index is 1230. The molecule has 5 nitrogen and oxygen atoms in total. The Morgan fingerprint density at radius 1 is 1.19 bits per heavy atom. The van der Waals surface area contributed by atoms with Crippen LogP contribution in [-0.2, 0) is 15.0 Å². The molecule has 0 saturated carbocycles.